The fraction of sp³-hybridized carbons (Fsp3) is 0.500. The summed E-state index contributed by atoms with van der Waals surface area (Å²) in [5.74, 6) is 0. The van der Waals surface area contributed by atoms with Crippen molar-refractivity contribution in [2.45, 2.75) is 26.8 Å². The Morgan fingerprint density at radius 2 is 1.86 bits per heavy atom. The number of rotatable bonds is 3. The minimum atomic E-state index is 0.0966. The molecule has 14 heavy (non-hydrogen) atoms. The van der Waals surface area contributed by atoms with Crippen LogP contribution >= 0.6 is 0 Å². The number of aryl methyl sites for hydroxylation is 1. The largest absolute Gasteiger partial charge is 0.323 e. The number of likely N-dealkylation sites (N-methyl/N-ethyl adjacent to an activating group) is 1. The molecular formula is C12H20N2. The maximum atomic E-state index is 6.06. The Labute approximate surface area is 86.5 Å². The lowest BCUT2D eigenvalue weighted by atomic mass is 9.95. The van der Waals surface area contributed by atoms with E-state index in [0.717, 1.165) is 6.54 Å². The van der Waals surface area contributed by atoms with Gasteiger partial charge in [-0.25, -0.2) is 0 Å². The highest BCUT2D eigenvalue weighted by Gasteiger charge is 2.09. The molecule has 0 aliphatic heterocycles. The second-order valence-corrected chi connectivity index (χ2v) is 3.89. The SMILES string of the molecule is CNCC(N)c1ccc(C)c(C)c1C. The molecule has 0 saturated carbocycles. The Kier molecular flexibility index (Phi) is 3.67. The highest BCUT2D eigenvalue weighted by Crippen LogP contribution is 2.21. The van der Waals surface area contributed by atoms with Crippen LogP contribution in [0.4, 0.5) is 0 Å². The number of hydrogen-bond donors (Lipinski definition) is 2. The monoisotopic (exact) mass is 192 g/mol. The molecule has 3 N–H and O–H groups in total. The van der Waals surface area contributed by atoms with Crippen LogP contribution in [-0.2, 0) is 0 Å². The van der Waals surface area contributed by atoms with Crippen LogP contribution in [0.15, 0.2) is 12.1 Å². The Morgan fingerprint density at radius 1 is 1.21 bits per heavy atom. The highest BCUT2D eigenvalue weighted by molar-refractivity contribution is 5.40. The van der Waals surface area contributed by atoms with Crippen LogP contribution < -0.4 is 11.1 Å². The Bertz CT molecular complexity index is 318. The molecule has 0 aliphatic rings. The molecule has 0 radical (unpaired) electrons. The first-order chi connectivity index (χ1) is 6.57. The van der Waals surface area contributed by atoms with Crippen molar-refractivity contribution in [3.8, 4) is 0 Å². The van der Waals surface area contributed by atoms with Crippen LogP contribution in [0.3, 0.4) is 0 Å². The minimum absolute atomic E-state index is 0.0966. The zero-order valence-corrected chi connectivity index (χ0v) is 9.52. The van der Waals surface area contributed by atoms with Crippen LogP contribution in [0.2, 0.25) is 0 Å². The molecule has 1 unspecified atom stereocenters. The van der Waals surface area contributed by atoms with Crippen LogP contribution in [0, 0.1) is 20.8 Å². The summed E-state index contributed by atoms with van der Waals surface area (Å²) in [6, 6.07) is 4.38. The van der Waals surface area contributed by atoms with Gasteiger partial charge in [0.2, 0.25) is 0 Å². The maximum Gasteiger partial charge on any atom is 0.0424 e. The van der Waals surface area contributed by atoms with Crippen LogP contribution in [0.25, 0.3) is 0 Å². The van der Waals surface area contributed by atoms with Crippen molar-refractivity contribution in [2.75, 3.05) is 13.6 Å². The van der Waals surface area contributed by atoms with Gasteiger partial charge in [0.25, 0.3) is 0 Å². The summed E-state index contributed by atoms with van der Waals surface area (Å²) >= 11 is 0. The summed E-state index contributed by atoms with van der Waals surface area (Å²) in [6.45, 7) is 7.26. The number of nitrogens with two attached hydrogens (primary N) is 1. The van der Waals surface area contributed by atoms with Crippen LogP contribution in [-0.4, -0.2) is 13.6 Å². The lowest BCUT2D eigenvalue weighted by molar-refractivity contribution is 0.649. The third-order valence-electron chi connectivity index (χ3n) is 2.92. The van der Waals surface area contributed by atoms with Crippen LogP contribution in [0.1, 0.15) is 28.3 Å². The average Bonchev–Trinajstić information content (AvgIpc) is 2.15. The Balaban J connectivity index is 3.04. The van der Waals surface area contributed by atoms with E-state index in [4.69, 9.17) is 5.73 Å². The van der Waals surface area contributed by atoms with Crippen molar-refractivity contribution in [1.29, 1.82) is 0 Å². The molecule has 1 rings (SSSR count). The quantitative estimate of drug-likeness (QED) is 0.766. The zero-order chi connectivity index (χ0) is 10.7. The average molecular weight is 192 g/mol. The molecule has 0 heterocycles. The molecule has 2 heteroatoms. The van der Waals surface area contributed by atoms with Gasteiger partial charge in [0.05, 0.1) is 0 Å². The lowest BCUT2D eigenvalue weighted by Crippen LogP contribution is -2.24. The predicted octanol–water partition coefficient (Wildman–Crippen LogP) is 1.83. The van der Waals surface area contributed by atoms with E-state index in [1.165, 1.54) is 22.3 Å². The van der Waals surface area contributed by atoms with E-state index >= 15 is 0 Å². The number of nitrogens with one attached hydrogen (secondary N) is 1. The van der Waals surface area contributed by atoms with Gasteiger partial charge in [0.1, 0.15) is 0 Å². The van der Waals surface area contributed by atoms with Crippen molar-refractivity contribution >= 4 is 0 Å². The molecule has 0 aliphatic carbocycles. The molecule has 0 saturated heterocycles. The lowest BCUT2D eigenvalue weighted by Gasteiger charge is -2.17. The highest BCUT2D eigenvalue weighted by atomic mass is 14.9. The summed E-state index contributed by atoms with van der Waals surface area (Å²) < 4.78 is 0. The Morgan fingerprint density at radius 3 is 2.43 bits per heavy atom. The first-order valence-electron chi connectivity index (χ1n) is 5.04. The third-order valence-corrected chi connectivity index (χ3v) is 2.92. The van der Waals surface area contributed by atoms with Gasteiger partial charge in [-0.2, -0.15) is 0 Å². The molecule has 0 fully saturated rings. The van der Waals surface area contributed by atoms with Crippen molar-refractivity contribution in [1.82, 2.24) is 5.32 Å². The predicted molar refractivity (Wildman–Crippen MR) is 61.5 cm³/mol. The first-order valence-corrected chi connectivity index (χ1v) is 5.04. The third kappa shape index (κ3) is 2.14. The normalized spacial score (nSPS) is 12.9. The second-order valence-electron chi connectivity index (χ2n) is 3.89. The fourth-order valence-electron chi connectivity index (χ4n) is 1.71. The van der Waals surface area contributed by atoms with Crippen molar-refractivity contribution < 1.29 is 0 Å². The first kappa shape index (κ1) is 11.2. The number of benzene rings is 1. The van der Waals surface area contributed by atoms with E-state index in [-0.39, 0.29) is 6.04 Å². The molecule has 2 nitrogen and oxygen atoms in total. The number of hydrogen-bond acceptors (Lipinski definition) is 2. The summed E-state index contributed by atoms with van der Waals surface area (Å²) in [5.41, 5.74) is 11.3. The summed E-state index contributed by atoms with van der Waals surface area (Å²) in [6.07, 6.45) is 0. The molecule has 78 valence electrons. The molecular weight excluding hydrogens is 172 g/mol. The summed E-state index contributed by atoms with van der Waals surface area (Å²) in [7, 11) is 1.93. The van der Waals surface area contributed by atoms with Gasteiger partial charge in [0.15, 0.2) is 0 Å². The van der Waals surface area contributed by atoms with Gasteiger partial charge < -0.3 is 11.1 Å². The van der Waals surface area contributed by atoms with Gasteiger partial charge in [0, 0.05) is 12.6 Å². The van der Waals surface area contributed by atoms with E-state index in [1.807, 2.05) is 7.05 Å². The zero-order valence-electron chi connectivity index (χ0n) is 9.52. The van der Waals surface area contributed by atoms with Gasteiger partial charge in [-0.05, 0) is 50.1 Å². The second kappa shape index (κ2) is 4.58. The molecule has 1 aromatic carbocycles. The van der Waals surface area contributed by atoms with Crippen molar-refractivity contribution in [3.63, 3.8) is 0 Å². The van der Waals surface area contributed by atoms with Crippen LogP contribution in [0.5, 0.6) is 0 Å². The van der Waals surface area contributed by atoms with E-state index < -0.39 is 0 Å². The van der Waals surface area contributed by atoms with Gasteiger partial charge in [-0.15, -0.1) is 0 Å². The molecule has 1 atom stereocenters. The molecule has 0 aromatic heterocycles. The van der Waals surface area contributed by atoms with E-state index in [9.17, 15) is 0 Å². The molecule has 0 bridgehead atoms. The Hall–Kier alpha value is -0.860. The standard InChI is InChI=1S/C12H20N2/c1-8-5-6-11(10(3)9(8)2)12(13)7-14-4/h5-6,12,14H,7,13H2,1-4H3. The van der Waals surface area contributed by atoms with Crippen molar-refractivity contribution in [2.24, 2.45) is 5.73 Å². The van der Waals surface area contributed by atoms with Crippen molar-refractivity contribution in [3.05, 3.63) is 34.4 Å². The topological polar surface area (TPSA) is 38.0 Å². The van der Waals surface area contributed by atoms with Gasteiger partial charge >= 0.3 is 0 Å². The molecule has 1 aromatic rings. The van der Waals surface area contributed by atoms with Gasteiger partial charge in [-0.1, -0.05) is 12.1 Å². The smallest absolute Gasteiger partial charge is 0.0424 e. The molecule has 0 spiro atoms. The fourth-order valence-corrected chi connectivity index (χ4v) is 1.71. The minimum Gasteiger partial charge on any atom is -0.323 e. The summed E-state index contributed by atoms with van der Waals surface area (Å²) in [4.78, 5) is 0. The van der Waals surface area contributed by atoms with Gasteiger partial charge in [-0.3, -0.25) is 0 Å². The molecule has 0 amide bonds. The van der Waals surface area contributed by atoms with E-state index in [0.29, 0.717) is 0 Å². The van der Waals surface area contributed by atoms with E-state index in [2.05, 4.69) is 38.2 Å². The summed E-state index contributed by atoms with van der Waals surface area (Å²) in [5, 5.41) is 3.10. The maximum absolute atomic E-state index is 6.06. The van der Waals surface area contributed by atoms with E-state index in [1.54, 1.807) is 0 Å².